The molecule has 0 unspecified atom stereocenters. The Hall–Kier alpha value is -3.15. The number of hydrazone groups is 1. The molecule has 0 saturated carbocycles. The van der Waals surface area contributed by atoms with Crippen LogP contribution in [0.3, 0.4) is 0 Å². The summed E-state index contributed by atoms with van der Waals surface area (Å²) < 4.78 is 5.36. The Balaban J connectivity index is 1.78. The van der Waals surface area contributed by atoms with Gasteiger partial charge in [-0.05, 0) is 41.8 Å². The fraction of sp³-hybridized carbons (Fsp3) is 0.167. The molecule has 0 heterocycles. The predicted molar refractivity (Wildman–Crippen MR) is 90.5 cm³/mol. The van der Waals surface area contributed by atoms with E-state index < -0.39 is 5.97 Å². The Morgan fingerprint density at radius 1 is 1.12 bits per heavy atom. The van der Waals surface area contributed by atoms with E-state index >= 15 is 0 Å². The molecule has 6 heteroatoms. The van der Waals surface area contributed by atoms with Crippen molar-refractivity contribution in [2.24, 2.45) is 5.10 Å². The number of aromatic carboxylic acids is 1. The van der Waals surface area contributed by atoms with Crippen LogP contribution in [0.1, 0.15) is 28.4 Å². The normalized spacial score (nSPS) is 10.5. The number of amides is 1. The first kappa shape index (κ1) is 17.2. The average Bonchev–Trinajstić information content (AvgIpc) is 2.61. The maximum Gasteiger partial charge on any atom is 0.335 e. The largest absolute Gasteiger partial charge is 0.484 e. The quantitative estimate of drug-likeness (QED) is 0.604. The van der Waals surface area contributed by atoms with Gasteiger partial charge in [-0.2, -0.15) is 5.10 Å². The molecule has 0 saturated heterocycles. The van der Waals surface area contributed by atoms with Crippen LogP contribution in [0.5, 0.6) is 5.75 Å². The van der Waals surface area contributed by atoms with Gasteiger partial charge in [0.1, 0.15) is 5.75 Å². The van der Waals surface area contributed by atoms with Gasteiger partial charge in [0, 0.05) is 0 Å². The Labute approximate surface area is 139 Å². The van der Waals surface area contributed by atoms with Crippen LogP contribution < -0.4 is 10.2 Å². The first-order valence-corrected chi connectivity index (χ1v) is 7.45. The molecule has 0 aromatic heterocycles. The highest BCUT2D eigenvalue weighted by molar-refractivity contribution is 5.89. The maximum atomic E-state index is 11.6. The van der Waals surface area contributed by atoms with Crippen LogP contribution in [0, 0.1) is 0 Å². The molecule has 0 aliphatic carbocycles. The Morgan fingerprint density at radius 3 is 2.38 bits per heavy atom. The number of carbonyl (C=O) groups excluding carboxylic acids is 1. The van der Waals surface area contributed by atoms with Crippen LogP contribution in [-0.4, -0.2) is 29.8 Å². The number of carbonyl (C=O) groups is 2. The second-order valence-corrected chi connectivity index (χ2v) is 5.01. The summed E-state index contributed by atoms with van der Waals surface area (Å²) in [6, 6.07) is 13.7. The molecule has 6 nitrogen and oxygen atoms in total. The number of nitrogens with zero attached hydrogens (tertiary/aromatic N) is 1. The van der Waals surface area contributed by atoms with Crippen LogP contribution >= 0.6 is 0 Å². The Bertz CT molecular complexity index is 722. The van der Waals surface area contributed by atoms with E-state index in [1.54, 1.807) is 12.1 Å². The van der Waals surface area contributed by atoms with Gasteiger partial charge < -0.3 is 9.84 Å². The molecular formula is C18H18N2O4. The van der Waals surface area contributed by atoms with Crippen molar-refractivity contribution in [2.45, 2.75) is 13.3 Å². The van der Waals surface area contributed by atoms with E-state index in [2.05, 4.69) is 17.5 Å². The third kappa shape index (κ3) is 5.24. The summed E-state index contributed by atoms with van der Waals surface area (Å²) in [5.41, 5.74) is 4.42. The fourth-order valence-corrected chi connectivity index (χ4v) is 1.89. The molecule has 24 heavy (non-hydrogen) atoms. The van der Waals surface area contributed by atoms with E-state index in [1.165, 1.54) is 23.9 Å². The van der Waals surface area contributed by atoms with Crippen LogP contribution in [-0.2, 0) is 11.2 Å². The van der Waals surface area contributed by atoms with E-state index in [9.17, 15) is 9.59 Å². The SMILES string of the molecule is CCc1ccc(OCC(=O)N/N=C\c2ccc(C(=O)O)cc2)cc1. The van der Waals surface area contributed by atoms with Gasteiger partial charge in [0.25, 0.3) is 5.91 Å². The van der Waals surface area contributed by atoms with Gasteiger partial charge in [0.05, 0.1) is 11.8 Å². The summed E-state index contributed by atoms with van der Waals surface area (Å²) in [7, 11) is 0. The lowest BCUT2D eigenvalue weighted by Crippen LogP contribution is -2.24. The molecule has 0 fully saturated rings. The first-order chi connectivity index (χ1) is 11.6. The van der Waals surface area contributed by atoms with Gasteiger partial charge in [-0.3, -0.25) is 4.79 Å². The van der Waals surface area contributed by atoms with Crippen molar-refractivity contribution in [1.82, 2.24) is 5.43 Å². The molecule has 2 aromatic carbocycles. The summed E-state index contributed by atoms with van der Waals surface area (Å²) in [6.45, 7) is 1.93. The number of hydrogen-bond donors (Lipinski definition) is 2. The molecule has 0 spiro atoms. The lowest BCUT2D eigenvalue weighted by Gasteiger charge is -2.05. The molecule has 0 aliphatic heterocycles. The van der Waals surface area contributed by atoms with E-state index in [0.29, 0.717) is 11.3 Å². The molecule has 1 amide bonds. The number of hydrogen-bond acceptors (Lipinski definition) is 4. The maximum absolute atomic E-state index is 11.6. The third-order valence-electron chi connectivity index (χ3n) is 3.26. The van der Waals surface area contributed by atoms with Crippen molar-refractivity contribution in [3.63, 3.8) is 0 Å². The lowest BCUT2D eigenvalue weighted by molar-refractivity contribution is -0.123. The summed E-state index contributed by atoms with van der Waals surface area (Å²) >= 11 is 0. The van der Waals surface area contributed by atoms with E-state index in [1.807, 2.05) is 24.3 Å². The number of nitrogens with one attached hydrogen (secondary N) is 1. The topological polar surface area (TPSA) is 88.0 Å². The summed E-state index contributed by atoms with van der Waals surface area (Å²) in [5, 5.41) is 12.6. The molecule has 124 valence electrons. The molecule has 2 aromatic rings. The zero-order chi connectivity index (χ0) is 17.4. The summed E-state index contributed by atoms with van der Waals surface area (Å²) in [6.07, 6.45) is 2.38. The molecule has 0 radical (unpaired) electrons. The van der Waals surface area contributed by atoms with Gasteiger partial charge in [-0.1, -0.05) is 31.2 Å². The minimum absolute atomic E-state index is 0.138. The number of carboxylic acid groups (broad SMARTS) is 1. The minimum atomic E-state index is -0.990. The van der Waals surface area contributed by atoms with Crippen molar-refractivity contribution in [3.8, 4) is 5.75 Å². The van der Waals surface area contributed by atoms with Crippen LogP contribution in [0.2, 0.25) is 0 Å². The average molecular weight is 326 g/mol. The summed E-state index contributed by atoms with van der Waals surface area (Å²) in [5.74, 6) is -0.750. The van der Waals surface area contributed by atoms with Crippen molar-refractivity contribution < 1.29 is 19.4 Å². The molecule has 2 rings (SSSR count). The Kier molecular flexibility index (Phi) is 6.08. The summed E-state index contributed by atoms with van der Waals surface area (Å²) in [4.78, 5) is 22.4. The molecule has 2 N–H and O–H groups in total. The second kappa shape index (κ2) is 8.47. The number of aryl methyl sites for hydroxylation is 1. The highest BCUT2D eigenvalue weighted by Gasteiger charge is 2.02. The highest BCUT2D eigenvalue weighted by atomic mass is 16.5. The number of benzene rings is 2. The van der Waals surface area contributed by atoms with Gasteiger partial charge in [0.2, 0.25) is 0 Å². The van der Waals surface area contributed by atoms with Gasteiger partial charge in [-0.25, -0.2) is 10.2 Å². The molecule has 0 bridgehead atoms. The van der Waals surface area contributed by atoms with Crippen molar-refractivity contribution in [2.75, 3.05) is 6.61 Å². The molecular weight excluding hydrogens is 308 g/mol. The number of rotatable bonds is 7. The van der Waals surface area contributed by atoms with Gasteiger partial charge >= 0.3 is 5.97 Å². The van der Waals surface area contributed by atoms with Crippen molar-refractivity contribution in [3.05, 3.63) is 65.2 Å². The zero-order valence-corrected chi connectivity index (χ0v) is 13.2. The third-order valence-corrected chi connectivity index (χ3v) is 3.26. The smallest absolute Gasteiger partial charge is 0.335 e. The zero-order valence-electron chi connectivity index (χ0n) is 13.2. The Morgan fingerprint density at radius 2 is 1.79 bits per heavy atom. The number of ether oxygens (including phenoxy) is 1. The lowest BCUT2D eigenvalue weighted by atomic mass is 10.1. The second-order valence-electron chi connectivity index (χ2n) is 5.01. The molecule has 0 aliphatic rings. The van der Waals surface area contributed by atoms with Crippen molar-refractivity contribution >= 4 is 18.1 Å². The van der Waals surface area contributed by atoms with Crippen LogP contribution in [0.4, 0.5) is 0 Å². The monoisotopic (exact) mass is 326 g/mol. The predicted octanol–water partition coefficient (Wildman–Crippen LogP) is 2.48. The highest BCUT2D eigenvalue weighted by Crippen LogP contribution is 2.12. The standard InChI is InChI=1S/C18H18N2O4/c1-2-13-5-9-16(10-6-13)24-12-17(21)20-19-11-14-3-7-15(8-4-14)18(22)23/h3-11H,2,12H2,1H3,(H,20,21)(H,22,23)/b19-11-. The fourth-order valence-electron chi connectivity index (χ4n) is 1.89. The van der Waals surface area contributed by atoms with Crippen LogP contribution in [0.25, 0.3) is 0 Å². The van der Waals surface area contributed by atoms with E-state index in [-0.39, 0.29) is 18.1 Å². The van der Waals surface area contributed by atoms with Gasteiger partial charge in [0.15, 0.2) is 6.61 Å². The van der Waals surface area contributed by atoms with E-state index in [0.717, 1.165) is 6.42 Å². The minimum Gasteiger partial charge on any atom is -0.484 e. The molecule has 0 atom stereocenters. The van der Waals surface area contributed by atoms with Gasteiger partial charge in [-0.15, -0.1) is 0 Å². The number of carboxylic acids is 1. The van der Waals surface area contributed by atoms with Crippen molar-refractivity contribution in [1.29, 1.82) is 0 Å². The van der Waals surface area contributed by atoms with E-state index in [4.69, 9.17) is 9.84 Å². The van der Waals surface area contributed by atoms with Crippen LogP contribution in [0.15, 0.2) is 53.6 Å². The first-order valence-electron chi connectivity index (χ1n) is 7.45.